The number of aryl methyl sites for hydroxylation is 1. The molecular weight excluding hydrogens is 372 g/mol. The number of pyridine rings is 1. The fraction of sp³-hybridized carbons (Fsp3) is 0.571. The molecule has 0 aliphatic heterocycles. The lowest BCUT2D eigenvalue weighted by Crippen LogP contribution is -2.44. The van der Waals surface area contributed by atoms with Crippen molar-refractivity contribution in [3.63, 3.8) is 0 Å². The first-order valence-electron chi connectivity index (χ1n) is 9.24. The molecule has 1 rings (SSSR count). The van der Waals surface area contributed by atoms with Crippen molar-refractivity contribution >= 4 is 26.1 Å². The summed E-state index contributed by atoms with van der Waals surface area (Å²) in [5.41, 5.74) is 3.09. The molecule has 2 amide bonds. The van der Waals surface area contributed by atoms with Crippen LogP contribution in [0.2, 0.25) is 19.6 Å². The standard InChI is InChI=1S/C21H32N2O4Si/c1-15-13-16(11-12-28(8,9)10)14-22-17(15)23(18(24)26-20(2,3)4)19(25)27-21(5,6)7/h13-14H,1-10H3. The third-order valence-corrected chi connectivity index (χ3v) is 3.87. The van der Waals surface area contributed by atoms with Gasteiger partial charge < -0.3 is 9.47 Å². The van der Waals surface area contributed by atoms with E-state index in [1.807, 2.05) is 0 Å². The van der Waals surface area contributed by atoms with Gasteiger partial charge in [0.05, 0.1) is 0 Å². The van der Waals surface area contributed by atoms with Gasteiger partial charge in [-0.3, -0.25) is 0 Å². The van der Waals surface area contributed by atoms with Crippen molar-refractivity contribution in [2.45, 2.75) is 79.3 Å². The van der Waals surface area contributed by atoms with Crippen molar-refractivity contribution in [1.82, 2.24) is 4.98 Å². The number of amides is 2. The monoisotopic (exact) mass is 404 g/mol. The Kier molecular flexibility index (Phi) is 7.07. The highest BCUT2D eigenvalue weighted by Crippen LogP contribution is 2.23. The predicted molar refractivity (Wildman–Crippen MR) is 114 cm³/mol. The lowest BCUT2D eigenvalue weighted by Gasteiger charge is -2.28. The van der Waals surface area contributed by atoms with Crippen molar-refractivity contribution in [3.8, 4) is 11.5 Å². The Morgan fingerprint density at radius 1 is 1.00 bits per heavy atom. The maximum absolute atomic E-state index is 12.7. The molecule has 6 nitrogen and oxygen atoms in total. The topological polar surface area (TPSA) is 68.7 Å². The highest BCUT2D eigenvalue weighted by atomic mass is 28.3. The molecule has 1 heterocycles. The maximum Gasteiger partial charge on any atom is 0.425 e. The van der Waals surface area contributed by atoms with Gasteiger partial charge in [0.2, 0.25) is 0 Å². The number of rotatable bonds is 1. The van der Waals surface area contributed by atoms with Crippen LogP contribution in [0.1, 0.15) is 52.7 Å². The molecule has 0 saturated carbocycles. The Morgan fingerprint density at radius 3 is 1.82 bits per heavy atom. The van der Waals surface area contributed by atoms with Crippen LogP contribution >= 0.6 is 0 Å². The molecule has 154 valence electrons. The second-order valence-corrected chi connectivity index (χ2v) is 14.4. The second-order valence-electron chi connectivity index (χ2n) is 9.66. The molecule has 1 aromatic rings. The summed E-state index contributed by atoms with van der Waals surface area (Å²) < 4.78 is 10.8. The van der Waals surface area contributed by atoms with Crippen molar-refractivity contribution < 1.29 is 19.1 Å². The molecule has 28 heavy (non-hydrogen) atoms. The first kappa shape index (κ1) is 23.7. The molecule has 0 unspecified atom stereocenters. The lowest BCUT2D eigenvalue weighted by molar-refractivity contribution is 0.0428. The molecule has 0 aliphatic rings. The summed E-state index contributed by atoms with van der Waals surface area (Å²) in [6.07, 6.45) is -0.117. The van der Waals surface area contributed by atoms with Crippen molar-refractivity contribution in [2.24, 2.45) is 0 Å². The SMILES string of the molecule is Cc1cc(C#C[Si](C)(C)C)cnc1N(C(=O)OC(C)(C)C)C(=O)OC(C)(C)C. The Morgan fingerprint density at radius 2 is 1.46 bits per heavy atom. The summed E-state index contributed by atoms with van der Waals surface area (Å²) in [6.45, 7) is 18.6. The number of imide groups is 1. The number of anilines is 1. The van der Waals surface area contributed by atoms with Crippen LogP contribution < -0.4 is 4.90 Å². The van der Waals surface area contributed by atoms with Gasteiger partial charge in [0.25, 0.3) is 0 Å². The van der Waals surface area contributed by atoms with Crippen LogP contribution in [0.15, 0.2) is 12.3 Å². The van der Waals surface area contributed by atoms with Gasteiger partial charge in [-0.2, -0.15) is 4.90 Å². The van der Waals surface area contributed by atoms with Crippen LogP contribution in [0, 0.1) is 18.4 Å². The molecule has 0 atom stereocenters. The number of hydrogen-bond donors (Lipinski definition) is 0. The summed E-state index contributed by atoms with van der Waals surface area (Å²) in [7, 11) is -1.53. The second kappa shape index (κ2) is 8.35. The predicted octanol–water partition coefficient (Wildman–Crippen LogP) is 5.30. The fourth-order valence-corrected chi connectivity index (χ4v) is 2.51. The Bertz CT molecular complexity index is 775. The van der Waals surface area contributed by atoms with Crippen LogP contribution in [0.4, 0.5) is 15.4 Å². The largest absolute Gasteiger partial charge is 0.443 e. The summed E-state index contributed by atoms with van der Waals surface area (Å²) >= 11 is 0. The zero-order chi connectivity index (χ0) is 21.9. The Balaban J connectivity index is 3.35. The summed E-state index contributed by atoms with van der Waals surface area (Å²) in [4.78, 5) is 30.6. The van der Waals surface area contributed by atoms with E-state index in [1.54, 1.807) is 60.7 Å². The van der Waals surface area contributed by atoms with Crippen molar-refractivity contribution in [1.29, 1.82) is 0 Å². The van der Waals surface area contributed by atoms with Crippen molar-refractivity contribution in [3.05, 3.63) is 23.4 Å². The molecule has 7 heteroatoms. The van der Waals surface area contributed by atoms with Gasteiger partial charge >= 0.3 is 12.2 Å². The molecule has 0 spiro atoms. The molecule has 0 fully saturated rings. The first-order chi connectivity index (χ1) is 12.5. The summed E-state index contributed by atoms with van der Waals surface area (Å²) in [5, 5.41) is 0. The zero-order valence-electron chi connectivity index (χ0n) is 18.7. The van der Waals surface area contributed by atoms with Gasteiger partial charge in [0.15, 0.2) is 5.82 Å². The molecular formula is C21H32N2O4Si. The van der Waals surface area contributed by atoms with Crippen LogP contribution in [-0.2, 0) is 9.47 Å². The number of aromatic nitrogens is 1. The smallest absolute Gasteiger partial charge is 0.425 e. The molecule has 0 bridgehead atoms. The Hall–Kier alpha value is -2.33. The molecule has 1 aromatic heterocycles. The lowest BCUT2D eigenvalue weighted by atomic mass is 10.2. The molecule has 0 saturated heterocycles. The van der Waals surface area contributed by atoms with E-state index in [9.17, 15) is 9.59 Å². The zero-order valence-corrected chi connectivity index (χ0v) is 19.7. The van der Waals surface area contributed by atoms with E-state index in [0.29, 0.717) is 5.56 Å². The van der Waals surface area contributed by atoms with Gasteiger partial charge in [-0.1, -0.05) is 25.6 Å². The van der Waals surface area contributed by atoms with Crippen molar-refractivity contribution in [2.75, 3.05) is 4.90 Å². The summed E-state index contributed by atoms with van der Waals surface area (Å²) in [6, 6.07) is 1.80. The van der Waals surface area contributed by atoms with Gasteiger partial charge in [-0.15, -0.1) is 5.54 Å². The quantitative estimate of drug-likeness (QED) is 0.469. The summed E-state index contributed by atoms with van der Waals surface area (Å²) in [5.74, 6) is 3.29. The third kappa shape index (κ3) is 8.13. The fourth-order valence-electron chi connectivity index (χ4n) is 1.99. The van der Waals surface area contributed by atoms with E-state index in [0.717, 1.165) is 10.5 Å². The van der Waals surface area contributed by atoms with E-state index in [4.69, 9.17) is 9.47 Å². The highest BCUT2D eigenvalue weighted by Gasteiger charge is 2.34. The van der Waals surface area contributed by atoms with Crippen LogP contribution in [0.5, 0.6) is 0 Å². The van der Waals surface area contributed by atoms with Gasteiger partial charge in [0.1, 0.15) is 19.3 Å². The minimum Gasteiger partial charge on any atom is -0.443 e. The van der Waals surface area contributed by atoms with Crippen LogP contribution in [0.25, 0.3) is 0 Å². The molecule has 0 aliphatic carbocycles. The van der Waals surface area contributed by atoms with Crippen LogP contribution in [0.3, 0.4) is 0 Å². The Labute approximate surface area is 169 Å². The average Bonchev–Trinajstić information content (AvgIpc) is 2.42. The van der Waals surface area contributed by atoms with E-state index in [-0.39, 0.29) is 5.82 Å². The normalized spacial score (nSPS) is 11.9. The first-order valence-corrected chi connectivity index (χ1v) is 12.7. The van der Waals surface area contributed by atoms with Gasteiger partial charge in [-0.25, -0.2) is 14.6 Å². The molecule has 0 radical (unpaired) electrons. The molecule has 0 aromatic carbocycles. The van der Waals surface area contributed by atoms with E-state index >= 15 is 0 Å². The number of ether oxygens (including phenoxy) is 2. The van der Waals surface area contributed by atoms with E-state index < -0.39 is 31.5 Å². The van der Waals surface area contributed by atoms with Gasteiger partial charge in [-0.05, 0) is 60.1 Å². The highest BCUT2D eigenvalue weighted by molar-refractivity contribution is 6.83. The number of carbonyl (C=O) groups is 2. The minimum atomic E-state index is -1.53. The number of nitrogens with zero attached hydrogens (tertiary/aromatic N) is 2. The third-order valence-electron chi connectivity index (χ3n) is 3.00. The number of hydrogen-bond acceptors (Lipinski definition) is 5. The average molecular weight is 405 g/mol. The minimum absolute atomic E-state index is 0.169. The molecule has 0 N–H and O–H groups in total. The van der Waals surface area contributed by atoms with Gasteiger partial charge in [0, 0.05) is 11.8 Å². The van der Waals surface area contributed by atoms with E-state index in [2.05, 4.69) is 36.1 Å². The maximum atomic E-state index is 12.7. The van der Waals surface area contributed by atoms with E-state index in [1.165, 1.54) is 0 Å². The number of carbonyl (C=O) groups excluding carboxylic acids is 2. The van der Waals surface area contributed by atoms with Crippen LogP contribution in [-0.4, -0.2) is 36.4 Å².